The number of hydrogen-bond acceptors (Lipinski definition) is 6. The summed E-state index contributed by atoms with van der Waals surface area (Å²) in [6.07, 6.45) is -2.19. The zero-order valence-corrected chi connectivity index (χ0v) is 8.09. The molecule has 0 fully saturated rings. The Balaban J connectivity index is 4.35. The molecule has 0 spiro atoms. The highest BCUT2D eigenvalue weighted by Gasteiger charge is 2.38. The summed E-state index contributed by atoms with van der Waals surface area (Å²) in [7, 11) is -4.87. The van der Waals surface area contributed by atoms with Crippen molar-refractivity contribution in [2.75, 3.05) is 6.61 Å². The summed E-state index contributed by atoms with van der Waals surface area (Å²) < 4.78 is 13.9. The highest BCUT2D eigenvalue weighted by Crippen LogP contribution is 2.36. The number of ketones is 1. The molecule has 1 unspecified atom stereocenters. The molecule has 0 amide bonds. The second kappa shape index (κ2) is 4.45. The number of phosphoric ester groups is 1. The van der Waals surface area contributed by atoms with Crippen LogP contribution in [0.1, 0.15) is 6.92 Å². The van der Waals surface area contributed by atoms with Crippen LogP contribution >= 0.6 is 7.82 Å². The lowest BCUT2D eigenvalue weighted by Gasteiger charge is -2.25. The molecule has 0 rings (SSSR count). The minimum Gasteiger partial charge on any atom is -0.380 e. The maximum atomic E-state index is 10.5. The van der Waals surface area contributed by atoms with Gasteiger partial charge in [0.1, 0.15) is 6.61 Å². The van der Waals surface area contributed by atoms with E-state index in [9.17, 15) is 9.36 Å². The van der Waals surface area contributed by atoms with Crippen molar-refractivity contribution in [1.82, 2.24) is 0 Å². The first-order valence-electron chi connectivity index (χ1n) is 3.39. The number of carbonyl (C=O) groups excluding carboxylic acids is 1. The van der Waals surface area contributed by atoms with Crippen LogP contribution in [-0.2, 0) is 13.9 Å². The van der Waals surface area contributed by atoms with Gasteiger partial charge < -0.3 is 25.1 Å². The Morgan fingerprint density at radius 3 is 2.21 bits per heavy atom. The van der Waals surface area contributed by atoms with Crippen LogP contribution in [0, 0.1) is 0 Å². The average molecular weight is 230 g/mol. The first-order chi connectivity index (χ1) is 6.06. The van der Waals surface area contributed by atoms with Crippen LogP contribution in [0.25, 0.3) is 0 Å². The molecule has 5 N–H and O–H groups in total. The van der Waals surface area contributed by atoms with Crippen molar-refractivity contribution in [1.29, 1.82) is 0 Å². The molecule has 0 aromatic rings. The largest absolute Gasteiger partial charge is 0.469 e. The van der Waals surface area contributed by atoms with Crippen LogP contribution in [0.15, 0.2) is 0 Å². The Kier molecular flexibility index (Phi) is 4.34. The number of hydrogen-bond donors (Lipinski definition) is 5. The number of carbonyl (C=O) groups is 1. The van der Waals surface area contributed by atoms with Gasteiger partial charge in [-0.1, -0.05) is 0 Å². The number of phosphoric acid groups is 1. The van der Waals surface area contributed by atoms with Gasteiger partial charge in [0.25, 0.3) is 0 Å². The summed E-state index contributed by atoms with van der Waals surface area (Å²) in [5, 5.41) is 26.7. The van der Waals surface area contributed by atoms with Crippen molar-refractivity contribution in [2.45, 2.75) is 18.8 Å². The Labute approximate surface area is 79.0 Å². The van der Waals surface area contributed by atoms with E-state index in [0.717, 1.165) is 6.92 Å². The van der Waals surface area contributed by atoms with Gasteiger partial charge in [-0.15, -0.1) is 0 Å². The van der Waals surface area contributed by atoms with Gasteiger partial charge in [0.05, 0.1) is 0 Å². The standard InChI is InChI=1S/C5H11O8P/c1-3(6)4(7)5(8,9)2-13-14(10,11)12/h4,7-9H,2H2,1H3,(H2,10,11,12). The number of rotatable bonds is 5. The van der Waals surface area contributed by atoms with E-state index in [4.69, 9.17) is 25.1 Å². The third-order valence-corrected chi connectivity index (χ3v) is 1.73. The maximum absolute atomic E-state index is 10.5. The lowest BCUT2D eigenvalue weighted by molar-refractivity contribution is -0.235. The fraction of sp³-hybridized carbons (Fsp3) is 0.800. The quantitative estimate of drug-likeness (QED) is 0.262. The predicted molar refractivity (Wildman–Crippen MR) is 41.9 cm³/mol. The van der Waals surface area contributed by atoms with Gasteiger partial charge in [0, 0.05) is 0 Å². The highest BCUT2D eigenvalue weighted by molar-refractivity contribution is 7.46. The lowest BCUT2D eigenvalue weighted by Crippen LogP contribution is -2.49. The van der Waals surface area contributed by atoms with Crippen LogP contribution in [0.4, 0.5) is 0 Å². The highest BCUT2D eigenvalue weighted by atomic mass is 31.2. The Morgan fingerprint density at radius 2 is 1.93 bits per heavy atom. The van der Waals surface area contributed by atoms with Crippen molar-refractivity contribution in [2.24, 2.45) is 0 Å². The van der Waals surface area contributed by atoms with E-state index in [2.05, 4.69) is 4.52 Å². The molecule has 14 heavy (non-hydrogen) atoms. The average Bonchev–Trinajstić information content (AvgIpc) is 1.98. The Bertz CT molecular complexity index is 254. The molecule has 0 aliphatic rings. The van der Waals surface area contributed by atoms with Crippen molar-refractivity contribution in [3.05, 3.63) is 0 Å². The lowest BCUT2D eigenvalue weighted by atomic mass is 10.1. The molecule has 0 saturated heterocycles. The number of Topliss-reactive ketones (excluding diaryl/α,β-unsaturated/α-hetero) is 1. The molecular formula is C5H11O8P. The van der Waals surface area contributed by atoms with E-state index in [0.29, 0.717) is 0 Å². The molecule has 1 atom stereocenters. The van der Waals surface area contributed by atoms with E-state index in [1.807, 2.05) is 0 Å². The minimum absolute atomic E-state index is 0.878. The van der Waals surface area contributed by atoms with E-state index in [1.54, 1.807) is 0 Å². The van der Waals surface area contributed by atoms with Crippen molar-refractivity contribution in [3.63, 3.8) is 0 Å². The summed E-state index contributed by atoms with van der Waals surface area (Å²) >= 11 is 0. The van der Waals surface area contributed by atoms with Gasteiger partial charge in [-0.3, -0.25) is 9.32 Å². The smallest absolute Gasteiger partial charge is 0.380 e. The Hall–Kier alpha value is -0.340. The van der Waals surface area contributed by atoms with Gasteiger partial charge in [0.15, 0.2) is 11.9 Å². The van der Waals surface area contributed by atoms with Crippen molar-refractivity contribution in [3.8, 4) is 0 Å². The summed E-state index contributed by atoms with van der Waals surface area (Å²) in [6.45, 7) is -0.401. The second-order valence-corrected chi connectivity index (χ2v) is 3.90. The van der Waals surface area contributed by atoms with Gasteiger partial charge in [-0.25, -0.2) is 4.57 Å². The fourth-order valence-corrected chi connectivity index (χ4v) is 0.942. The molecule has 0 saturated carbocycles. The van der Waals surface area contributed by atoms with Crippen LogP contribution in [-0.4, -0.2) is 49.4 Å². The van der Waals surface area contributed by atoms with Crippen LogP contribution in [0.5, 0.6) is 0 Å². The molecule has 0 bridgehead atoms. The molecule has 0 aliphatic heterocycles. The Morgan fingerprint density at radius 1 is 1.50 bits per heavy atom. The predicted octanol–water partition coefficient (Wildman–Crippen LogP) is -2.27. The second-order valence-electron chi connectivity index (χ2n) is 2.66. The van der Waals surface area contributed by atoms with Gasteiger partial charge >= 0.3 is 7.82 Å². The zero-order chi connectivity index (χ0) is 11.6. The van der Waals surface area contributed by atoms with Gasteiger partial charge in [-0.05, 0) is 6.92 Å². The molecule has 0 aromatic carbocycles. The van der Waals surface area contributed by atoms with Crippen LogP contribution in [0.2, 0.25) is 0 Å². The number of aliphatic hydroxyl groups is 3. The number of aliphatic hydroxyl groups excluding tert-OH is 1. The molecule has 0 aromatic heterocycles. The molecule has 0 radical (unpaired) electrons. The van der Waals surface area contributed by atoms with Gasteiger partial charge in [-0.2, -0.15) is 0 Å². The van der Waals surface area contributed by atoms with E-state index < -0.39 is 32.1 Å². The fourth-order valence-electron chi connectivity index (χ4n) is 0.584. The van der Waals surface area contributed by atoms with Crippen LogP contribution < -0.4 is 0 Å². The first kappa shape index (κ1) is 13.7. The zero-order valence-electron chi connectivity index (χ0n) is 7.19. The maximum Gasteiger partial charge on any atom is 0.469 e. The van der Waals surface area contributed by atoms with Gasteiger partial charge in [0.2, 0.25) is 5.79 Å². The SMILES string of the molecule is CC(=O)C(O)C(O)(O)COP(=O)(O)O. The normalized spacial score (nSPS) is 15.3. The van der Waals surface area contributed by atoms with Crippen LogP contribution in [0.3, 0.4) is 0 Å². The summed E-state index contributed by atoms with van der Waals surface area (Å²) in [6, 6.07) is 0. The van der Waals surface area contributed by atoms with E-state index >= 15 is 0 Å². The molecule has 0 heterocycles. The third kappa shape index (κ3) is 4.77. The monoisotopic (exact) mass is 230 g/mol. The van der Waals surface area contributed by atoms with E-state index in [1.165, 1.54) is 0 Å². The van der Waals surface area contributed by atoms with Crippen molar-refractivity contribution < 1.29 is 39.0 Å². The van der Waals surface area contributed by atoms with Crippen molar-refractivity contribution >= 4 is 13.6 Å². The molecule has 9 heteroatoms. The molecule has 0 aliphatic carbocycles. The van der Waals surface area contributed by atoms with E-state index in [-0.39, 0.29) is 0 Å². The third-order valence-electron chi connectivity index (χ3n) is 1.27. The minimum atomic E-state index is -4.87. The summed E-state index contributed by atoms with van der Waals surface area (Å²) in [5.74, 6) is -3.99. The summed E-state index contributed by atoms with van der Waals surface area (Å²) in [4.78, 5) is 26.9. The molecule has 84 valence electrons. The molecular weight excluding hydrogens is 219 g/mol. The topological polar surface area (TPSA) is 145 Å². The summed E-state index contributed by atoms with van der Waals surface area (Å²) in [5.41, 5.74) is 0. The first-order valence-corrected chi connectivity index (χ1v) is 4.92. The molecule has 8 nitrogen and oxygen atoms in total.